The van der Waals surface area contributed by atoms with Crippen LogP contribution in [-0.4, -0.2) is 262 Å². The van der Waals surface area contributed by atoms with Crippen LogP contribution in [-0.2, 0) is 148 Å². The van der Waals surface area contributed by atoms with Crippen molar-refractivity contribution in [1.82, 2.24) is 41.0 Å². The number of carbonyl (C=O) groups excluding carboxylic acids is 8. The highest BCUT2D eigenvalue weighted by Crippen LogP contribution is 2.46. The van der Waals surface area contributed by atoms with E-state index in [2.05, 4.69) is 26.6 Å². The molecule has 0 spiro atoms. The summed E-state index contributed by atoms with van der Waals surface area (Å²) in [5.41, 5.74) is 6.58. The van der Waals surface area contributed by atoms with Gasteiger partial charge in [0.2, 0.25) is 41.7 Å². The normalized spacial score (nSPS) is 20.8. The number of fused-ring (bicyclic) bond motifs is 5. The number of hydrogen-bond acceptors (Lipinski definition) is 33. The zero-order chi connectivity index (χ0) is 80.6. The molecule has 9 rings (SSSR count). The van der Waals surface area contributed by atoms with Gasteiger partial charge in [-0.1, -0.05) is 19.9 Å². The van der Waals surface area contributed by atoms with Crippen molar-refractivity contribution in [2.45, 2.75) is 145 Å². The first kappa shape index (κ1) is 87.4. The highest BCUT2D eigenvalue weighted by Gasteiger charge is 2.50. The SMILES string of the molecule is CCSC1CC(=O)N([C@@H](CN)C(=O)N[C@@H](CNC(=O)CCOCOCOCOCOCOCOCOCOCOCOCCOC)C(=O)NCCC(=O)NCc2cc(COC(=O)N[C@H]3CCc4c(C)c(F)cc5nc6c(c3c45)Cn3c-6cc4c(c3=O)COC(=O)[C@]4(O)CC)ccc2O[C@@H]2O[C@H](C(=O)O)[C@@H](O)[C@H](O)[C@H]2O)C1=O. The summed E-state index contributed by atoms with van der Waals surface area (Å²) in [7, 11) is 1.56. The van der Waals surface area contributed by atoms with Gasteiger partial charge in [-0.3, -0.25) is 38.5 Å². The standard InChI is InChI=1S/C70H92FN9O31S/c1-5-70(95)43-18-48-57-41(24-79(48)64(89)42(43)26-108-68(70)93)56-45(9-8-40-37(3)44(71)19-46(76-57)55(40)56)78-69(94)109-25-38-7-10-50(110-67-60(86)58(84)59(85)61(111-67)66(91)92)39(17-38)22-74-52(81)11-13-73-62(87)47(77-63(88)49(21-72)80-54(83)20-51(65(80)90)112-6-2)23-75-53(82)12-14-97-27-99-29-101-31-103-33-105-35-107-36-106-34-104-32-102-30-100-28-98-16-15-96-4/h7,10,17-19,45,47,49,51,58-61,67,84-86,95H,5-6,8-9,11-16,20-36,72H2,1-4H3,(H,73,87)(H,74,81)(H,75,82)(H,77,88)(H,78,94)(H,91,92)/t45-,47-,49-,51?,58-,59-,60+,61-,67+,70-/m0/s1. The fraction of sp³-hybridized carbons (Fsp3) is 0.586. The number of nitrogens with one attached hydrogen (secondary N) is 5. The van der Waals surface area contributed by atoms with Gasteiger partial charge in [0, 0.05) is 74.3 Å². The number of aliphatic carboxylic acids is 1. The number of methoxy groups -OCH3 is 1. The molecule has 1 aliphatic carbocycles. The second-order valence-electron chi connectivity index (χ2n) is 25.7. The molecule has 4 aromatic rings. The van der Waals surface area contributed by atoms with Crippen molar-refractivity contribution in [2.75, 3.05) is 120 Å². The first-order chi connectivity index (χ1) is 53.9. The van der Waals surface area contributed by atoms with Crippen LogP contribution in [0.15, 0.2) is 35.1 Å². The van der Waals surface area contributed by atoms with Crippen LogP contribution < -0.4 is 42.6 Å². The molecule has 0 radical (unpaired) electrons. The van der Waals surface area contributed by atoms with Crippen molar-refractivity contribution < 1.29 is 149 Å². The number of ether oxygens (including phenoxy) is 16. The highest BCUT2D eigenvalue weighted by atomic mass is 32.2. The summed E-state index contributed by atoms with van der Waals surface area (Å²) in [6.07, 6.45) is -11.6. The third-order valence-corrected chi connectivity index (χ3v) is 19.5. The number of nitrogens with zero attached hydrogens (tertiary/aromatic N) is 3. The number of halogens is 1. The van der Waals surface area contributed by atoms with E-state index in [1.807, 2.05) is 0 Å². The Morgan fingerprint density at radius 2 is 1.42 bits per heavy atom. The Morgan fingerprint density at radius 3 is 2.04 bits per heavy atom. The van der Waals surface area contributed by atoms with Gasteiger partial charge in [0.05, 0.1) is 66.5 Å². The smallest absolute Gasteiger partial charge is 0.407 e. The van der Waals surface area contributed by atoms with Gasteiger partial charge in [-0.05, 0) is 72.4 Å². The molecule has 4 aliphatic heterocycles. The van der Waals surface area contributed by atoms with E-state index in [1.54, 1.807) is 27.9 Å². The van der Waals surface area contributed by atoms with Crippen LogP contribution in [0, 0.1) is 12.7 Å². The average molecular weight is 1610 g/mol. The molecule has 0 bridgehead atoms. The van der Waals surface area contributed by atoms with Gasteiger partial charge in [0.15, 0.2) is 66.0 Å². The molecular formula is C70H92FN9O31S. The molecule has 2 fully saturated rings. The van der Waals surface area contributed by atoms with Crippen molar-refractivity contribution in [3.63, 3.8) is 0 Å². The Kier molecular flexibility index (Phi) is 33.1. The number of nitrogens with two attached hydrogens (primary N) is 1. The summed E-state index contributed by atoms with van der Waals surface area (Å²) < 4.78 is 101. The van der Waals surface area contributed by atoms with Gasteiger partial charge >= 0.3 is 18.0 Å². The maximum atomic E-state index is 15.7. The van der Waals surface area contributed by atoms with Crippen LogP contribution in [0.2, 0.25) is 0 Å². The number of carboxylic acid groups (broad SMARTS) is 1. The number of aliphatic hydroxyl groups is 4. The van der Waals surface area contributed by atoms with E-state index in [0.29, 0.717) is 53.0 Å². The number of pyridine rings is 2. The number of alkyl carbamates (subject to hydrolysis) is 1. The summed E-state index contributed by atoms with van der Waals surface area (Å²) in [6.45, 7) is 1.25. The van der Waals surface area contributed by atoms with E-state index >= 15 is 4.39 Å². The van der Waals surface area contributed by atoms with Gasteiger partial charge < -0.3 is 138 Å². The van der Waals surface area contributed by atoms with Crippen molar-refractivity contribution in [3.05, 3.63) is 91.0 Å². The quantitative estimate of drug-likeness (QED) is 0.00908. The Hall–Kier alpha value is -8.61. The van der Waals surface area contributed by atoms with E-state index in [4.69, 9.17) is 86.5 Å². The molecule has 1 unspecified atom stereocenters. The zero-order valence-corrected chi connectivity index (χ0v) is 62.5. The molecular weight excluding hydrogens is 1510 g/mol. The van der Waals surface area contributed by atoms with Crippen LogP contribution in [0.1, 0.15) is 96.5 Å². The summed E-state index contributed by atoms with van der Waals surface area (Å²) in [6, 6.07) is 2.93. The second kappa shape index (κ2) is 42.5. The number of aromatic nitrogens is 2. The molecule has 2 saturated heterocycles. The number of amides is 7. The molecule has 7 amide bonds. The number of benzene rings is 2. The number of aliphatic hydroxyl groups excluding tert-OH is 3. The number of rotatable bonds is 47. The van der Waals surface area contributed by atoms with Gasteiger partial charge in [-0.15, -0.1) is 11.8 Å². The zero-order valence-electron chi connectivity index (χ0n) is 61.7. The third-order valence-electron chi connectivity index (χ3n) is 18.4. The number of esters is 1. The summed E-state index contributed by atoms with van der Waals surface area (Å²) >= 11 is 1.20. The van der Waals surface area contributed by atoms with Crippen molar-refractivity contribution in [2.24, 2.45) is 5.73 Å². The van der Waals surface area contributed by atoms with Crippen LogP contribution in [0.5, 0.6) is 5.75 Å². The van der Waals surface area contributed by atoms with Gasteiger partial charge in [0.1, 0.15) is 68.8 Å². The number of carboxylic acids is 1. The van der Waals surface area contributed by atoms with Crippen LogP contribution in [0.3, 0.4) is 0 Å². The Bertz CT molecular complexity index is 4050. The van der Waals surface area contributed by atoms with E-state index in [0.717, 1.165) is 4.90 Å². The average Bonchev–Trinajstić information content (AvgIpc) is 1.49. The molecule has 5 aliphatic rings. The Morgan fingerprint density at radius 1 is 0.777 bits per heavy atom. The molecule has 0 saturated carbocycles. The summed E-state index contributed by atoms with van der Waals surface area (Å²) in [5, 5.41) is 66.0. The minimum absolute atomic E-state index is 0.0413. The van der Waals surface area contributed by atoms with Gasteiger partial charge in [-0.2, -0.15) is 0 Å². The molecule has 2 aromatic heterocycles. The molecule has 10 atom stereocenters. The van der Waals surface area contributed by atoms with Crippen molar-refractivity contribution >= 4 is 76.1 Å². The molecule has 42 heteroatoms. The molecule has 6 heterocycles. The first-order valence-electron chi connectivity index (χ1n) is 35.5. The van der Waals surface area contributed by atoms with E-state index in [-0.39, 0.29) is 158 Å². The van der Waals surface area contributed by atoms with Crippen LogP contribution in [0.25, 0.3) is 22.3 Å². The maximum Gasteiger partial charge on any atom is 0.407 e. The fourth-order valence-corrected chi connectivity index (χ4v) is 13.6. The van der Waals surface area contributed by atoms with E-state index < -0.39 is 164 Å². The molecule has 40 nitrogen and oxygen atoms in total. The van der Waals surface area contributed by atoms with Crippen LogP contribution in [0.4, 0.5) is 9.18 Å². The lowest BCUT2D eigenvalue weighted by Gasteiger charge is -2.38. The third kappa shape index (κ3) is 22.2. The second-order valence-corrected chi connectivity index (χ2v) is 27.2. The van der Waals surface area contributed by atoms with E-state index in [1.165, 1.54) is 46.7 Å². The predicted molar refractivity (Wildman–Crippen MR) is 377 cm³/mol. The number of aryl methyl sites for hydroxylation is 1. The van der Waals surface area contributed by atoms with E-state index in [9.17, 15) is 73.5 Å². The molecule has 2 aromatic carbocycles. The first-order valence-corrected chi connectivity index (χ1v) is 36.6. The Labute approximate surface area is 643 Å². The lowest BCUT2D eigenvalue weighted by molar-refractivity contribution is -0.271. The topological polar surface area (TPSA) is 527 Å². The number of imide groups is 1. The largest absolute Gasteiger partial charge is 0.479 e. The molecule has 616 valence electrons. The number of thioether (sulfide) groups is 1. The molecule has 112 heavy (non-hydrogen) atoms. The van der Waals surface area contributed by atoms with Crippen LogP contribution >= 0.6 is 11.8 Å². The number of cyclic esters (lactones) is 1. The number of hydrogen-bond donors (Lipinski definition) is 11. The van der Waals surface area contributed by atoms with Gasteiger partial charge in [0.25, 0.3) is 5.56 Å². The summed E-state index contributed by atoms with van der Waals surface area (Å²) in [4.78, 5) is 140. The monoisotopic (exact) mass is 1610 g/mol. The van der Waals surface area contributed by atoms with Crippen molar-refractivity contribution in [1.29, 1.82) is 0 Å². The molecule has 12 N–H and O–H groups in total. The number of likely N-dealkylation sites (tertiary alicyclic amines) is 1. The summed E-state index contributed by atoms with van der Waals surface area (Å²) in [5.74, 6) is -7.51. The Balaban J connectivity index is 0.781. The van der Waals surface area contributed by atoms with Gasteiger partial charge in [-0.25, -0.2) is 23.8 Å². The van der Waals surface area contributed by atoms with Crippen molar-refractivity contribution in [3.8, 4) is 17.1 Å². The fourth-order valence-electron chi connectivity index (χ4n) is 12.7. The lowest BCUT2D eigenvalue weighted by atomic mass is 9.81. The minimum Gasteiger partial charge on any atom is -0.479 e. The minimum atomic E-state index is -2.13. The number of carbonyl (C=O) groups is 9. The maximum absolute atomic E-state index is 15.7. The predicted octanol–water partition coefficient (Wildman–Crippen LogP) is -1.56. The highest BCUT2D eigenvalue weighted by molar-refractivity contribution is 8.00. The lowest BCUT2D eigenvalue weighted by Crippen LogP contribution is -2.61.